The van der Waals surface area contributed by atoms with Crippen LogP contribution >= 0.6 is 0 Å². The van der Waals surface area contributed by atoms with Crippen LogP contribution in [0.15, 0.2) is 65.9 Å². The zero-order valence-electron chi connectivity index (χ0n) is 13.8. The summed E-state index contributed by atoms with van der Waals surface area (Å²) in [4.78, 5) is 16.2. The van der Waals surface area contributed by atoms with Gasteiger partial charge in [-0.3, -0.25) is 9.78 Å². The maximum atomic E-state index is 12.0. The minimum absolute atomic E-state index is 0.145. The van der Waals surface area contributed by atoms with Crippen molar-refractivity contribution in [2.75, 3.05) is 12.3 Å². The van der Waals surface area contributed by atoms with Crippen molar-refractivity contribution in [3.05, 3.63) is 66.4 Å². The molecule has 3 N–H and O–H groups in total. The fourth-order valence-electron chi connectivity index (χ4n) is 2.30. The standard InChI is InChI=1S/C19H18N4O2/c1-13(14-7-9-16(20)10-8-14)22-23-18(24)12-25-17-6-2-4-15-5-3-11-21-19(15)17/h2-11H,12,20H2,1H3,(H,23,24). The van der Waals surface area contributed by atoms with E-state index in [0.29, 0.717) is 17.1 Å². The molecule has 6 nitrogen and oxygen atoms in total. The summed E-state index contributed by atoms with van der Waals surface area (Å²) in [5.74, 6) is 0.218. The first kappa shape index (κ1) is 16.4. The summed E-state index contributed by atoms with van der Waals surface area (Å²) >= 11 is 0. The Morgan fingerprint density at radius 3 is 2.72 bits per heavy atom. The number of ether oxygens (including phenoxy) is 1. The second-order valence-corrected chi connectivity index (χ2v) is 5.47. The smallest absolute Gasteiger partial charge is 0.277 e. The van der Waals surface area contributed by atoms with E-state index in [9.17, 15) is 4.79 Å². The number of carbonyl (C=O) groups excluding carboxylic acids is 1. The van der Waals surface area contributed by atoms with Gasteiger partial charge in [0.05, 0.1) is 5.71 Å². The van der Waals surface area contributed by atoms with Crippen molar-refractivity contribution in [3.63, 3.8) is 0 Å². The van der Waals surface area contributed by atoms with Crippen LogP contribution in [0.4, 0.5) is 5.69 Å². The Morgan fingerprint density at radius 2 is 1.92 bits per heavy atom. The average Bonchev–Trinajstić information content (AvgIpc) is 2.65. The number of carbonyl (C=O) groups is 1. The summed E-state index contributed by atoms with van der Waals surface area (Å²) in [6, 6.07) is 16.6. The van der Waals surface area contributed by atoms with Gasteiger partial charge in [0.15, 0.2) is 6.61 Å². The van der Waals surface area contributed by atoms with E-state index in [0.717, 1.165) is 16.5 Å². The molecule has 1 aromatic heterocycles. The molecule has 1 amide bonds. The van der Waals surface area contributed by atoms with E-state index in [4.69, 9.17) is 10.5 Å². The third-order valence-electron chi connectivity index (χ3n) is 3.63. The van der Waals surface area contributed by atoms with Gasteiger partial charge in [0.1, 0.15) is 11.3 Å². The second kappa shape index (κ2) is 7.44. The highest BCUT2D eigenvalue weighted by Crippen LogP contribution is 2.22. The first-order valence-corrected chi connectivity index (χ1v) is 7.79. The van der Waals surface area contributed by atoms with E-state index in [-0.39, 0.29) is 12.5 Å². The van der Waals surface area contributed by atoms with Crippen LogP contribution in [0.3, 0.4) is 0 Å². The van der Waals surface area contributed by atoms with Gasteiger partial charge in [-0.15, -0.1) is 0 Å². The van der Waals surface area contributed by atoms with Crippen molar-refractivity contribution in [1.82, 2.24) is 10.4 Å². The summed E-state index contributed by atoms with van der Waals surface area (Å²) in [5, 5.41) is 5.04. The van der Waals surface area contributed by atoms with Gasteiger partial charge in [-0.1, -0.05) is 30.3 Å². The molecule has 0 bridgehead atoms. The lowest BCUT2D eigenvalue weighted by molar-refractivity contribution is -0.123. The Hall–Kier alpha value is -3.41. The molecule has 2 aromatic carbocycles. The van der Waals surface area contributed by atoms with Gasteiger partial charge in [0.25, 0.3) is 5.91 Å². The predicted octanol–water partition coefficient (Wildman–Crippen LogP) is 2.74. The molecule has 1 heterocycles. The number of nitrogens with zero attached hydrogens (tertiary/aromatic N) is 2. The molecule has 0 unspecified atom stereocenters. The normalized spacial score (nSPS) is 11.3. The number of amides is 1. The Kier molecular flexibility index (Phi) is 4.89. The highest BCUT2D eigenvalue weighted by Gasteiger charge is 2.06. The zero-order chi connectivity index (χ0) is 17.6. The molecule has 3 rings (SSSR count). The number of nitrogens with one attached hydrogen (secondary N) is 1. The van der Waals surface area contributed by atoms with E-state index in [1.54, 1.807) is 31.3 Å². The molecule has 0 aliphatic carbocycles. The Balaban J connectivity index is 1.61. The van der Waals surface area contributed by atoms with Crippen LogP contribution in [0.1, 0.15) is 12.5 Å². The van der Waals surface area contributed by atoms with Crippen LogP contribution in [-0.2, 0) is 4.79 Å². The SMILES string of the molecule is CC(=NNC(=O)COc1cccc2cccnc12)c1ccc(N)cc1. The topological polar surface area (TPSA) is 89.6 Å². The first-order chi connectivity index (χ1) is 12.1. The number of anilines is 1. The van der Waals surface area contributed by atoms with Crippen molar-refractivity contribution in [2.24, 2.45) is 5.10 Å². The van der Waals surface area contributed by atoms with Crippen molar-refractivity contribution < 1.29 is 9.53 Å². The summed E-state index contributed by atoms with van der Waals surface area (Å²) in [5.41, 5.74) is 11.1. The molecule has 126 valence electrons. The Labute approximate surface area is 145 Å². The van der Waals surface area contributed by atoms with Crippen molar-refractivity contribution >= 4 is 28.2 Å². The predicted molar refractivity (Wildman–Crippen MR) is 98.4 cm³/mol. The number of pyridine rings is 1. The minimum Gasteiger partial charge on any atom is -0.481 e. The van der Waals surface area contributed by atoms with E-state index in [1.807, 2.05) is 36.4 Å². The lowest BCUT2D eigenvalue weighted by atomic mass is 10.1. The number of para-hydroxylation sites is 1. The number of hydrogen-bond acceptors (Lipinski definition) is 5. The second-order valence-electron chi connectivity index (χ2n) is 5.47. The molecule has 0 radical (unpaired) electrons. The number of nitrogens with two attached hydrogens (primary N) is 1. The zero-order valence-corrected chi connectivity index (χ0v) is 13.8. The molecule has 0 aliphatic rings. The summed E-state index contributed by atoms with van der Waals surface area (Å²) in [6.45, 7) is 1.66. The molecule has 0 saturated heterocycles. The molecule has 0 aliphatic heterocycles. The van der Waals surface area contributed by atoms with Crippen LogP contribution in [0.25, 0.3) is 10.9 Å². The Morgan fingerprint density at radius 1 is 1.16 bits per heavy atom. The molecule has 25 heavy (non-hydrogen) atoms. The quantitative estimate of drug-likeness (QED) is 0.426. The van der Waals surface area contributed by atoms with Gasteiger partial charge in [0, 0.05) is 17.3 Å². The Bertz CT molecular complexity index is 915. The van der Waals surface area contributed by atoms with Crippen molar-refractivity contribution in [3.8, 4) is 5.75 Å². The summed E-state index contributed by atoms with van der Waals surface area (Å²) < 4.78 is 5.57. The van der Waals surface area contributed by atoms with Gasteiger partial charge >= 0.3 is 0 Å². The van der Waals surface area contributed by atoms with Gasteiger partial charge in [-0.2, -0.15) is 5.10 Å². The number of benzene rings is 2. The maximum absolute atomic E-state index is 12.0. The largest absolute Gasteiger partial charge is 0.481 e. The summed E-state index contributed by atoms with van der Waals surface area (Å²) in [7, 11) is 0. The van der Waals surface area contributed by atoms with Gasteiger partial charge in [-0.05, 0) is 36.8 Å². The number of hydrogen-bond donors (Lipinski definition) is 2. The van der Waals surface area contributed by atoms with Crippen LogP contribution in [-0.4, -0.2) is 23.2 Å². The molecule has 0 fully saturated rings. The third kappa shape index (κ3) is 4.11. The average molecular weight is 334 g/mol. The lowest BCUT2D eigenvalue weighted by Crippen LogP contribution is -2.25. The van der Waals surface area contributed by atoms with E-state index >= 15 is 0 Å². The first-order valence-electron chi connectivity index (χ1n) is 7.79. The van der Waals surface area contributed by atoms with Crippen LogP contribution < -0.4 is 15.9 Å². The monoisotopic (exact) mass is 334 g/mol. The molecule has 0 saturated carbocycles. The number of hydrazone groups is 1. The summed E-state index contributed by atoms with van der Waals surface area (Å²) in [6.07, 6.45) is 1.69. The molecule has 0 spiro atoms. The maximum Gasteiger partial charge on any atom is 0.277 e. The molecular formula is C19H18N4O2. The van der Waals surface area contributed by atoms with Crippen LogP contribution in [0.2, 0.25) is 0 Å². The van der Waals surface area contributed by atoms with Crippen LogP contribution in [0.5, 0.6) is 5.75 Å². The highest BCUT2D eigenvalue weighted by molar-refractivity contribution is 5.99. The van der Waals surface area contributed by atoms with E-state index in [1.165, 1.54) is 0 Å². The van der Waals surface area contributed by atoms with Crippen LogP contribution in [0, 0.1) is 0 Å². The third-order valence-corrected chi connectivity index (χ3v) is 3.63. The van der Waals surface area contributed by atoms with E-state index < -0.39 is 0 Å². The number of fused-ring (bicyclic) bond motifs is 1. The number of nitrogen functional groups attached to an aromatic ring is 1. The fourth-order valence-corrected chi connectivity index (χ4v) is 2.30. The number of aromatic nitrogens is 1. The minimum atomic E-state index is -0.345. The van der Waals surface area contributed by atoms with Crippen molar-refractivity contribution in [2.45, 2.75) is 6.92 Å². The van der Waals surface area contributed by atoms with E-state index in [2.05, 4.69) is 15.5 Å². The van der Waals surface area contributed by atoms with Gasteiger partial charge < -0.3 is 10.5 Å². The molecular weight excluding hydrogens is 316 g/mol. The molecule has 0 atom stereocenters. The van der Waals surface area contributed by atoms with Gasteiger partial charge in [0.2, 0.25) is 0 Å². The fraction of sp³-hybridized carbons (Fsp3) is 0.105. The van der Waals surface area contributed by atoms with Crippen molar-refractivity contribution in [1.29, 1.82) is 0 Å². The lowest BCUT2D eigenvalue weighted by Gasteiger charge is -2.08. The molecule has 3 aromatic rings. The van der Waals surface area contributed by atoms with Gasteiger partial charge in [-0.25, -0.2) is 5.43 Å². The highest BCUT2D eigenvalue weighted by atomic mass is 16.5. The number of rotatable bonds is 5. The molecule has 6 heteroatoms.